The molecule has 0 aliphatic carbocycles. The van der Waals surface area contributed by atoms with Gasteiger partial charge in [-0.3, -0.25) is 9.79 Å². The van der Waals surface area contributed by atoms with Crippen LogP contribution in [0.25, 0.3) is 0 Å². The largest absolute Gasteiger partial charge is 0.508 e. The molecule has 4 heteroatoms. The summed E-state index contributed by atoms with van der Waals surface area (Å²) in [4.78, 5) is 17.1. The molecule has 0 aliphatic heterocycles. The number of phenolic OH excluding ortho intramolecular Hbond substituents is 1. The van der Waals surface area contributed by atoms with Gasteiger partial charge in [0.25, 0.3) is 0 Å². The molecule has 0 radical (unpaired) electrons. The first-order valence-electron chi connectivity index (χ1n) is 7.36. The highest BCUT2D eigenvalue weighted by atomic mass is 35.5. The van der Waals surface area contributed by atoms with Crippen molar-refractivity contribution in [3.63, 3.8) is 0 Å². The van der Waals surface area contributed by atoms with Gasteiger partial charge >= 0.3 is 0 Å². The third-order valence-electron chi connectivity index (χ3n) is 3.48. The SMILES string of the molecule is O=C(c1ccccc1)c1cc(Cl)ccc1N=Cc1ccc(O)cc1. The molecule has 0 amide bonds. The fourth-order valence-electron chi connectivity index (χ4n) is 2.25. The lowest BCUT2D eigenvalue weighted by atomic mass is 10.0. The summed E-state index contributed by atoms with van der Waals surface area (Å²) in [6.45, 7) is 0. The maximum atomic E-state index is 12.7. The maximum absolute atomic E-state index is 12.7. The van der Waals surface area contributed by atoms with Crippen molar-refractivity contribution in [3.05, 3.63) is 94.5 Å². The van der Waals surface area contributed by atoms with E-state index in [1.54, 1.807) is 60.8 Å². The van der Waals surface area contributed by atoms with Gasteiger partial charge in [0.15, 0.2) is 5.78 Å². The topological polar surface area (TPSA) is 49.7 Å². The summed E-state index contributed by atoms with van der Waals surface area (Å²) >= 11 is 6.05. The Labute approximate surface area is 144 Å². The minimum atomic E-state index is -0.129. The van der Waals surface area contributed by atoms with Gasteiger partial charge in [-0.1, -0.05) is 41.9 Å². The van der Waals surface area contributed by atoms with Gasteiger partial charge in [-0.15, -0.1) is 0 Å². The Bertz CT molecular complexity index is 887. The minimum Gasteiger partial charge on any atom is -0.508 e. The van der Waals surface area contributed by atoms with Crippen LogP contribution in [0.5, 0.6) is 5.75 Å². The molecule has 0 saturated carbocycles. The lowest BCUT2D eigenvalue weighted by molar-refractivity contribution is 0.103. The Kier molecular flexibility index (Phi) is 4.73. The van der Waals surface area contributed by atoms with Gasteiger partial charge in [0, 0.05) is 22.4 Å². The van der Waals surface area contributed by atoms with Crippen LogP contribution in [-0.2, 0) is 0 Å². The molecular formula is C20H14ClNO2. The molecule has 0 fully saturated rings. The number of hydrogen-bond acceptors (Lipinski definition) is 3. The molecule has 1 N–H and O–H groups in total. The lowest BCUT2D eigenvalue weighted by Crippen LogP contribution is -2.01. The number of rotatable bonds is 4. The van der Waals surface area contributed by atoms with E-state index in [9.17, 15) is 9.90 Å². The van der Waals surface area contributed by atoms with Gasteiger partial charge in [0.1, 0.15) is 5.75 Å². The van der Waals surface area contributed by atoms with Crippen molar-refractivity contribution in [3.8, 4) is 5.75 Å². The fraction of sp³-hybridized carbons (Fsp3) is 0. The Morgan fingerprint density at radius 3 is 2.38 bits per heavy atom. The number of aromatic hydroxyl groups is 1. The second-order valence-electron chi connectivity index (χ2n) is 5.21. The van der Waals surface area contributed by atoms with Crippen molar-refractivity contribution in [2.75, 3.05) is 0 Å². The number of carbonyl (C=O) groups is 1. The second kappa shape index (κ2) is 7.11. The van der Waals surface area contributed by atoms with Gasteiger partial charge in [0.2, 0.25) is 0 Å². The van der Waals surface area contributed by atoms with E-state index in [0.29, 0.717) is 21.8 Å². The van der Waals surface area contributed by atoms with Crippen molar-refractivity contribution in [2.24, 2.45) is 4.99 Å². The molecule has 0 saturated heterocycles. The minimum absolute atomic E-state index is 0.129. The van der Waals surface area contributed by atoms with Crippen LogP contribution in [0.4, 0.5) is 5.69 Å². The molecule has 0 bridgehead atoms. The van der Waals surface area contributed by atoms with Gasteiger partial charge in [-0.05, 0) is 48.0 Å². The van der Waals surface area contributed by atoms with Crippen molar-refractivity contribution < 1.29 is 9.90 Å². The average molecular weight is 336 g/mol. The van der Waals surface area contributed by atoms with E-state index in [-0.39, 0.29) is 11.5 Å². The van der Waals surface area contributed by atoms with E-state index in [1.165, 1.54) is 0 Å². The fourth-order valence-corrected chi connectivity index (χ4v) is 2.42. The molecule has 3 nitrogen and oxygen atoms in total. The van der Waals surface area contributed by atoms with Crippen LogP contribution in [0.3, 0.4) is 0 Å². The quantitative estimate of drug-likeness (QED) is 0.537. The average Bonchev–Trinajstić information content (AvgIpc) is 2.62. The molecular weight excluding hydrogens is 322 g/mol. The normalized spacial score (nSPS) is 10.9. The third-order valence-corrected chi connectivity index (χ3v) is 3.72. The van der Waals surface area contributed by atoms with Crippen LogP contribution < -0.4 is 0 Å². The van der Waals surface area contributed by atoms with Crippen molar-refractivity contribution in [2.45, 2.75) is 0 Å². The molecule has 0 heterocycles. The smallest absolute Gasteiger partial charge is 0.195 e. The second-order valence-corrected chi connectivity index (χ2v) is 5.64. The highest BCUT2D eigenvalue weighted by Crippen LogP contribution is 2.26. The summed E-state index contributed by atoms with van der Waals surface area (Å²) in [7, 11) is 0. The lowest BCUT2D eigenvalue weighted by Gasteiger charge is -2.06. The predicted octanol–water partition coefficient (Wildman–Crippen LogP) is 5.03. The first-order chi connectivity index (χ1) is 11.6. The first kappa shape index (κ1) is 16.0. The first-order valence-corrected chi connectivity index (χ1v) is 7.74. The summed E-state index contributed by atoms with van der Waals surface area (Å²) in [5.41, 5.74) is 2.40. The molecule has 3 aromatic carbocycles. The van der Waals surface area contributed by atoms with Crippen LogP contribution in [0.1, 0.15) is 21.5 Å². The van der Waals surface area contributed by atoms with E-state index in [0.717, 1.165) is 5.56 Å². The Morgan fingerprint density at radius 2 is 1.67 bits per heavy atom. The van der Waals surface area contributed by atoms with Crippen LogP contribution >= 0.6 is 11.6 Å². The van der Waals surface area contributed by atoms with E-state index in [2.05, 4.69) is 4.99 Å². The van der Waals surface area contributed by atoms with Gasteiger partial charge in [0.05, 0.1) is 5.69 Å². The zero-order valence-electron chi connectivity index (χ0n) is 12.7. The number of nitrogens with zero attached hydrogens (tertiary/aromatic N) is 1. The molecule has 3 rings (SSSR count). The van der Waals surface area contributed by atoms with Gasteiger partial charge in [-0.2, -0.15) is 0 Å². The van der Waals surface area contributed by atoms with Crippen LogP contribution in [-0.4, -0.2) is 17.1 Å². The van der Waals surface area contributed by atoms with Crippen LogP contribution in [0.15, 0.2) is 77.8 Å². The van der Waals surface area contributed by atoms with E-state index in [1.807, 2.05) is 18.2 Å². The Morgan fingerprint density at radius 1 is 0.958 bits per heavy atom. The van der Waals surface area contributed by atoms with Crippen LogP contribution in [0, 0.1) is 0 Å². The van der Waals surface area contributed by atoms with Gasteiger partial charge < -0.3 is 5.11 Å². The van der Waals surface area contributed by atoms with E-state index in [4.69, 9.17) is 11.6 Å². The standard InChI is InChI=1S/C20H14ClNO2/c21-16-8-11-19(22-13-14-6-9-17(23)10-7-14)18(12-16)20(24)15-4-2-1-3-5-15/h1-13,23H. The van der Waals surface area contributed by atoms with Crippen LogP contribution in [0.2, 0.25) is 5.02 Å². The number of ketones is 1. The number of hydrogen-bond donors (Lipinski definition) is 1. The monoisotopic (exact) mass is 335 g/mol. The molecule has 0 atom stereocenters. The Balaban J connectivity index is 1.97. The molecule has 0 spiro atoms. The number of benzene rings is 3. The molecule has 118 valence electrons. The molecule has 3 aromatic rings. The summed E-state index contributed by atoms with van der Waals surface area (Å²) in [6.07, 6.45) is 1.64. The molecule has 0 aliphatic rings. The summed E-state index contributed by atoms with van der Waals surface area (Å²) < 4.78 is 0. The number of aliphatic imine (C=N–C) groups is 1. The molecule has 24 heavy (non-hydrogen) atoms. The zero-order chi connectivity index (χ0) is 16.9. The van der Waals surface area contributed by atoms with Gasteiger partial charge in [-0.25, -0.2) is 0 Å². The van der Waals surface area contributed by atoms with Crippen molar-refractivity contribution in [1.82, 2.24) is 0 Å². The zero-order valence-corrected chi connectivity index (χ0v) is 13.4. The maximum Gasteiger partial charge on any atom is 0.195 e. The summed E-state index contributed by atoms with van der Waals surface area (Å²) in [5.74, 6) is 0.0644. The number of phenols is 1. The highest BCUT2D eigenvalue weighted by molar-refractivity contribution is 6.31. The van der Waals surface area contributed by atoms with Crippen molar-refractivity contribution in [1.29, 1.82) is 0 Å². The number of halogens is 1. The Hall–Kier alpha value is -2.91. The summed E-state index contributed by atoms with van der Waals surface area (Å²) in [5, 5.41) is 9.80. The highest BCUT2D eigenvalue weighted by Gasteiger charge is 2.13. The third kappa shape index (κ3) is 3.70. The predicted molar refractivity (Wildman–Crippen MR) is 96.7 cm³/mol. The van der Waals surface area contributed by atoms with Crippen molar-refractivity contribution >= 4 is 29.3 Å². The molecule has 0 aromatic heterocycles. The number of carbonyl (C=O) groups excluding carboxylic acids is 1. The molecule has 0 unspecified atom stereocenters. The summed E-state index contributed by atoms with van der Waals surface area (Å²) in [6, 6.07) is 20.7. The van der Waals surface area contributed by atoms with E-state index < -0.39 is 0 Å². The van der Waals surface area contributed by atoms with E-state index >= 15 is 0 Å².